The maximum atomic E-state index is 13.9. The van der Waals surface area contributed by atoms with Crippen molar-refractivity contribution < 1.29 is 14.1 Å². The molecule has 0 bridgehead atoms. The van der Waals surface area contributed by atoms with Gasteiger partial charge in [0.1, 0.15) is 5.75 Å². The molecule has 0 aliphatic carbocycles. The molecule has 4 heterocycles. The van der Waals surface area contributed by atoms with Crippen molar-refractivity contribution in [2.45, 2.75) is 11.1 Å². The molecule has 0 saturated heterocycles. The van der Waals surface area contributed by atoms with Gasteiger partial charge in [-0.05, 0) is 46.6 Å². The van der Waals surface area contributed by atoms with Gasteiger partial charge in [-0.15, -0.1) is 0 Å². The van der Waals surface area contributed by atoms with E-state index >= 15 is 0 Å². The minimum atomic E-state index is -1.22. The summed E-state index contributed by atoms with van der Waals surface area (Å²) in [5.74, 6) is 0.0847. The van der Waals surface area contributed by atoms with E-state index in [0.717, 1.165) is 22.4 Å². The fraction of sp³-hybridized carbons (Fsp3) is 0.138. The monoisotopic (exact) mass is 508 g/mol. The molecule has 2 aromatic carbocycles. The number of nitrogens with zero attached hydrogens (tertiary/aromatic N) is 4. The van der Waals surface area contributed by atoms with Crippen LogP contribution in [-0.2, 0) is 16.9 Å². The van der Waals surface area contributed by atoms with Crippen molar-refractivity contribution in [1.29, 1.82) is 0 Å². The number of benzene rings is 2. The van der Waals surface area contributed by atoms with Crippen LogP contribution in [0.25, 0.3) is 22.0 Å². The zero-order valence-electron chi connectivity index (χ0n) is 20.4. The summed E-state index contributed by atoms with van der Waals surface area (Å²) in [6, 6.07) is 21.0. The molecule has 0 N–H and O–H groups in total. The van der Waals surface area contributed by atoms with Crippen molar-refractivity contribution in [3.05, 3.63) is 114 Å². The first-order valence-corrected chi connectivity index (χ1v) is 13.3. The molecular weight excluding hydrogens is 484 g/mol. The fourth-order valence-electron chi connectivity index (χ4n) is 4.97. The zero-order chi connectivity index (χ0) is 25.7. The van der Waals surface area contributed by atoms with Crippen LogP contribution in [0.15, 0.2) is 91.5 Å². The molecule has 37 heavy (non-hydrogen) atoms. The molecule has 1 amide bonds. The van der Waals surface area contributed by atoms with E-state index in [9.17, 15) is 14.1 Å². The van der Waals surface area contributed by atoms with E-state index in [-0.39, 0.29) is 22.9 Å². The van der Waals surface area contributed by atoms with Crippen LogP contribution in [0.2, 0.25) is 0 Å². The van der Waals surface area contributed by atoms with E-state index < -0.39 is 11.2 Å². The molecule has 6 rings (SSSR count). The average molecular weight is 509 g/mol. The fourth-order valence-corrected chi connectivity index (χ4v) is 6.60. The summed E-state index contributed by atoms with van der Waals surface area (Å²) >= 11 is -1.22. The summed E-state index contributed by atoms with van der Waals surface area (Å²) in [7, 11) is 3.37. The smallest absolute Gasteiger partial charge is 0.328 e. The van der Waals surface area contributed by atoms with Crippen LogP contribution < -0.4 is 0 Å². The average Bonchev–Trinajstić information content (AvgIpc) is 3.59. The van der Waals surface area contributed by atoms with Gasteiger partial charge in [0, 0.05) is 61.0 Å². The van der Waals surface area contributed by atoms with Gasteiger partial charge < -0.3 is 9.45 Å². The molecule has 3 aromatic heterocycles. The highest BCUT2D eigenvalue weighted by Crippen LogP contribution is 2.38. The van der Waals surface area contributed by atoms with Gasteiger partial charge in [-0.3, -0.25) is 18.9 Å². The lowest BCUT2D eigenvalue weighted by molar-refractivity contribution is 0.103. The minimum Gasteiger partial charge on any atom is -0.614 e. The largest absolute Gasteiger partial charge is 0.614 e. The maximum Gasteiger partial charge on any atom is 0.328 e. The standard InChI is InChI=1S/C29H24N4O3S/c1-31(2)29(35)33-17-24(22-11-10-20(15-25(22)33)19-7-4-3-5-8-19)27(34)23-12-14-32-26(23)18-37(36)28(32)21-9-6-13-30-16-21/h3-17,28H,18H2,1-2H3. The number of pyridine rings is 1. The van der Waals surface area contributed by atoms with Crippen molar-refractivity contribution in [3.8, 4) is 11.1 Å². The molecule has 1 aliphatic rings. The number of ketones is 1. The molecule has 0 fully saturated rings. The van der Waals surface area contributed by atoms with E-state index in [2.05, 4.69) is 4.98 Å². The minimum absolute atomic E-state index is 0.194. The topological polar surface area (TPSA) is 83.2 Å². The molecule has 0 spiro atoms. The van der Waals surface area contributed by atoms with Crippen LogP contribution in [0, 0.1) is 0 Å². The van der Waals surface area contributed by atoms with Gasteiger partial charge in [0.05, 0.1) is 11.2 Å². The Kier molecular flexibility index (Phi) is 5.70. The van der Waals surface area contributed by atoms with Crippen LogP contribution in [0.3, 0.4) is 0 Å². The quantitative estimate of drug-likeness (QED) is 0.251. The second-order valence-electron chi connectivity index (χ2n) is 9.26. The summed E-state index contributed by atoms with van der Waals surface area (Å²) in [4.78, 5) is 32.7. The highest BCUT2D eigenvalue weighted by molar-refractivity contribution is 7.91. The van der Waals surface area contributed by atoms with E-state index in [4.69, 9.17) is 0 Å². The molecule has 1 aliphatic heterocycles. The predicted molar refractivity (Wildman–Crippen MR) is 144 cm³/mol. The van der Waals surface area contributed by atoms with Crippen LogP contribution >= 0.6 is 0 Å². The lowest BCUT2D eigenvalue weighted by Gasteiger charge is -2.15. The van der Waals surface area contributed by atoms with Gasteiger partial charge in [-0.1, -0.05) is 42.5 Å². The highest BCUT2D eigenvalue weighted by Gasteiger charge is 2.39. The Labute approximate surface area is 217 Å². The normalized spacial score (nSPS) is 16.6. The van der Waals surface area contributed by atoms with Gasteiger partial charge >= 0.3 is 6.03 Å². The first-order valence-electron chi connectivity index (χ1n) is 11.9. The lowest BCUT2D eigenvalue weighted by atomic mass is 10.00. The van der Waals surface area contributed by atoms with Gasteiger partial charge in [-0.2, -0.15) is 0 Å². The SMILES string of the molecule is CN(C)C(=O)n1cc(C(=O)c2ccn3c2C[S+]([O-])C3c2cccnc2)c2ccc(-c3ccccc3)cc21. The summed E-state index contributed by atoms with van der Waals surface area (Å²) in [6.07, 6.45) is 6.84. The summed E-state index contributed by atoms with van der Waals surface area (Å²) in [6.45, 7) is 0. The lowest BCUT2D eigenvalue weighted by Crippen LogP contribution is -2.26. The Morgan fingerprint density at radius 3 is 2.54 bits per heavy atom. The third-order valence-corrected chi connectivity index (χ3v) is 8.32. The number of amides is 1. The molecule has 2 unspecified atom stereocenters. The Morgan fingerprint density at radius 2 is 1.81 bits per heavy atom. The number of rotatable bonds is 4. The number of hydrogen-bond donors (Lipinski definition) is 0. The van der Waals surface area contributed by atoms with Gasteiger partial charge in [0.2, 0.25) is 5.37 Å². The van der Waals surface area contributed by atoms with E-state index in [0.29, 0.717) is 22.0 Å². The molecule has 184 valence electrons. The molecule has 0 saturated carbocycles. The second-order valence-corrected chi connectivity index (χ2v) is 10.8. The van der Waals surface area contributed by atoms with Crippen molar-refractivity contribution >= 4 is 33.9 Å². The number of carbonyl (C=O) groups is 2. The molecular formula is C29H24N4O3S. The van der Waals surface area contributed by atoms with Crippen LogP contribution in [0.5, 0.6) is 0 Å². The highest BCUT2D eigenvalue weighted by atomic mass is 32.2. The molecule has 2 atom stereocenters. The van der Waals surface area contributed by atoms with E-state index in [1.807, 2.05) is 71.4 Å². The van der Waals surface area contributed by atoms with Crippen LogP contribution in [-0.4, -0.2) is 49.5 Å². The molecule has 5 aromatic rings. The molecule has 7 nitrogen and oxygen atoms in total. The maximum absolute atomic E-state index is 13.9. The first-order chi connectivity index (χ1) is 17.9. The van der Waals surface area contributed by atoms with Crippen molar-refractivity contribution in [2.24, 2.45) is 0 Å². The Hall–Kier alpha value is -4.14. The van der Waals surface area contributed by atoms with E-state index in [1.165, 1.54) is 9.47 Å². The van der Waals surface area contributed by atoms with Gasteiger partial charge in [0.25, 0.3) is 0 Å². The Morgan fingerprint density at radius 1 is 1.00 bits per heavy atom. The van der Waals surface area contributed by atoms with Crippen LogP contribution in [0.4, 0.5) is 4.79 Å². The number of aromatic nitrogens is 3. The number of fused-ring (bicyclic) bond motifs is 2. The third kappa shape index (κ3) is 3.85. The predicted octanol–water partition coefficient (Wildman–Crippen LogP) is 5.07. The van der Waals surface area contributed by atoms with E-state index in [1.54, 1.807) is 38.8 Å². The van der Waals surface area contributed by atoms with Crippen molar-refractivity contribution in [1.82, 2.24) is 19.0 Å². The molecule has 0 radical (unpaired) electrons. The number of hydrogen-bond acceptors (Lipinski definition) is 4. The van der Waals surface area contributed by atoms with Gasteiger partial charge in [0.15, 0.2) is 5.78 Å². The summed E-state index contributed by atoms with van der Waals surface area (Å²) < 4.78 is 16.5. The molecule has 8 heteroatoms. The first kappa shape index (κ1) is 23.3. The second kappa shape index (κ2) is 9.06. The Balaban J connectivity index is 1.46. The van der Waals surface area contributed by atoms with Crippen molar-refractivity contribution in [3.63, 3.8) is 0 Å². The van der Waals surface area contributed by atoms with Crippen LogP contribution in [0.1, 0.15) is 32.6 Å². The van der Waals surface area contributed by atoms with Crippen molar-refractivity contribution in [2.75, 3.05) is 14.1 Å². The third-order valence-electron chi connectivity index (χ3n) is 6.77. The number of carbonyl (C=O) groups excluding carboxylic acids is 2. The van der Waals surface area contributed by atoms with Gasteiger partial charge in [-0.25, -0.2) is 4.79 Å². The summed E-state index contributed by atoms with van der Waals surface area (Å²) in [5.41, 5.74) is 5.16. The summed E-state index contributed by atoms with van der Waals surface area (Å²) in [5, 5.41) is 0.318. The Bertz CT molecular complexity index is 1640. The zero-order valence-corrected chi connectivity index (χ0v) is 21.2.